The predicted molar refractivity (Wildman–Crippen MR) is 79.7 cm³/mol. The van der Waals surface area contributed by atoms with Crippen LogP contribution in [0.2, 0.25) is 0 Å². The van der Waals surface area contributed by atoms with Gasteiger partial charge in [0.1, 0.15) is 5.00 Å². The molecule has 0 atom stereocenters. The summed E-state index contributed by atoms with van der Waals surface area (Å²) in [4.78, 5) is 22.9. The third-order valence-corrected chi connectivity index (χ3v) is 3.60. The average Bonchev–Trinajstić information content (AvgIpc) is 2.87. The first-order chi connectivity index (χ1) is 9.61. The van der Waals surface area contributed by atoms with E-state index in [1.807, 2.05) is 31.2 Å². The minimum Gasteiger partial charge on any atom is -0.478 e. The first-order valence-electron chi connectivity index (χ1n) is 6.08. The smallest absolute Gasteiger partial charge is 0.338 e. The molecule has 2 rings (SSSR count). The van der Waals surface area contributed by atoms with E-state index in [0.29, 0.717) is 5.00 Å². The number of carbonyl (C=O) groups excluding carboxylic acids is 1. The van der Waals surface area contributed by atoms with Crippen molar-refractivity contribution in [2.45, 2.75) is 13.3 Å². The number of anilines is 2. The number of benzene rings is 1. The summed E-state index contributed by atoms with van der Waals surface area (Å²) in [5, 5.41) is 16.2. The van der Waals surface area contributed by atoms with E-state index >= 15 is 0 Å². The molecule has 0 fully saturated rings. The fourth-order valence-electron chi connectivity index (χ4n) is 1.78. The lowest BCUT2D eigenvalue weighted by Crippen LogP contribution is -2.20. The van der Waals surface area contributed by atoms with Crippen LogP contribution in [0.4, 0.5) is 15.5 Å². The Morgan fingerprint density at radius 1 is 1.20 bits per heavy atom. The normalized spacial score (nSPS) is 10.1. The highest BCUT2D eigenvalue weighted by Gasteiger charge is 2.14. The number of thiophene rings is 1. The van der Waals surface area contributed by atoms with Gasteiger partial charge in [-0.1, -0.05) is 25.1 Å². The standard InChI is InChI=1S/C14H14N2O3S/c1-2-9-5-3-4-6-11(9)15-14(19)16-12-10(13(17)18)7-8-20-12/h3-8H,2H2,1H3,(H,17,18)(H2,15,16,19). The van der Waals surface area contributed by atoms with Crippen molar-refractivity contribution in [2.75, 3.05) is 10.6 Å². The zero-order valence-corrected chi connectivity index (χ0v) is 11.7. The Labute approximate surface area is 120 Å². The molecule has 0 radical (unpaired) electrons. The van der Waals surface area contributed by atoms with Gasteiger partial charge >= 0.3 is 12.0 Å². The van der Waals surface area contributed by atoms with Gasteiger partial charge < -0.3 is 10.4 Å². The number of carboxylic acid groups (broad SMARTS) is 1. The van der Waals surface area contributed by atoms with Gasteiger partial charge in [-0.05, 0) is 29.5 Å². The van der Waals surface area contributed by atoms with Crippen molar-refractivity contribution in [1.29, 1.82) is 0 Å². The first kappa shape index (κ1) is 14.1. The molecule has 2 amide bonds. The van der Waals surface area contributed by atoms with Crippen LogP contribution in [0.5, 0.6) is 0 Å². The van der Waals surface area contributed by atoms with Crippen molar-refractivity contribution in [2.24, 2.45) is 0 Å². The Kier molecular flexibility index (Phi) is 4.37. The Morgan fingerprint density at radius 3 is 2.65 bits per heavy atom. The van der Waals surface area contributed by atoms with Crippen LogP contribution in [-0.2, 0) is 6.42 Å². The zero-order valence-electron chi connectivity index (χ0n) is 10.8. The van der Waals surface area contributed by atoms with Crippen LogP contribution in [0.3, 0.4) is 0 Å². The topological polar surface area (TPSA) is 78.4 Å². The number of carbonyl (C=O) groups is 2. The molecule has 1 aromatic carbocycles. The predicted octanol–water partition coefficient (Wildman–Crippen LogP) is 3.65. The molecular formula is C14H14N2O3S. The minimum atomic E-state index is -1.06. The van der Waals surface area contributed by atoms with E-state index in [9.17, 15) is 9.59 Å². The number of urea groups is 1. The molecule has 0 saturated carbocycles. The lowest BCUT2D eigenvalue weighted by Gasteiger charge is -2.10. The van der Waals surface area contributed by atoms with Gasteiger partial charge in [0.25, 0.3) is 0 Å². The molecule has 5 nitrogen and oxygen atoms in total. The SMILES string of the molecule is CCc1ccccc1NC(=O)Nc1sccc1C(=O)O. The number of hydrogen-bond donors (Lipinski definition) is 3. The second kappa shape index (κ2) is 6.21. The van der Waals surface area contributed by atoms with E-state index < -0.39 is 12.0 Å². The number of rotatable bonds is 4. The molecule has 0 aliphatic rings. The second-order valence-corrected chi connectivity index (χ2v) is 4.97. The fraction of sp³-hybridized carbons (Fsp3) is 0.143. The monoisotopic (exact) mass is 290 g/mol. The van der Waals surface area contributed by atoms with Crippen LogP contribution in [0.15, 0.2) is 35.7 Å². The van der Waals surface area contributed by atoms with Crippen molar-refractivity contribution in [3.63, 3.8) is 0 Å². The summed E-state index contributed by atoms with van der Waals surface area (Å²) in [5.74, 6) is -1.06. The number of carboxylic acids is 1. The second-order valence-electron chi connectivity index (χ2n) is 4.06. The van der Waals surface area contributed by atoms with Gasteiger partial charge in [0.05, 0.1) is 5.56 Å². The quantitative estimate of drug-likeness (QED) is 0.804. The molecule has 0 bridgehead atoms. The molecule has 0 unspecified atom stereocenters. The number of aryl methyl sites for hydroxylation is 1. The maximum absolute atomic E-state index is 11.9. The molecule has 104 valence electrons. The highest BCUT2D eigenvalue weighted by Crippen LogP contribution is 2.23. The third-order valence-electron chi connectivity index (χ3n) is 2.77. The van der Waals surface area contributed by atoms with E-state index in [0.717, 1.165) is 17.7 Å². The van der Waals surface area contributed by atoms with Gasteiger partial charge in [-0.3, -0.25) is 5.32 Å². The van der Waals surface area contributed by atoms with Crippen LogP contribution in [0.1, 0.15) is 22.8 Å². The summed E-state index contributed by atoms with van der Waals surface area (Å²) in [5.41, 5.74) is 1.84. The van der Waals surface area contributed by atoms with Crippen molar-refractivity contribution >= 4 is 34.0 Å². The van der Waals surface area contributed by atoms with Crippen LogP contribution in [0, 0.1) is 0 Å². The van der Waals surface area contributed by atoms with Crippen LogP contribution in [0.25, 0.3) is 0 Å². The summed E-state index contributed by atoms with van der Waals surface area (Å²) in [6, 6.07) is 8.50. The Morgan fingerprint density at radius 2 is 1.95 bits per heavy atom. The van der Waals surface area contributed by atoms with Gasteiger partial charge in [0.15, 0.2) is 0 Å². The number of nitrogens with one attached hydrogen (secondary N) is 2. The van der Waals surface area contributed by atoms with Crippen molar-refractivity contribution in [1.82, 2.24) is 0 Å². The summed E-state index contributed by atoms with van der Waals surface area (Å²) < 4.78 is 0. The van der Waals surface area contributed by atoms with Gasteiger partial charge in [-0.15, -0.1) is 11.3 Å². The van der Waals surface area contributed by atoms with E-state index in [4.69, 9.17) is 5.11 Å². The number of para-hydroxylation sites is 1. The largest absolute Gasteiger partial charge is 0.478 e. The summed E-state index contributed by atoms with van der Waals surface area (Å²) >= 11 is 1.17. The summed E-state index contributed by atoms with van der Waals surface area (Å²) in [6.07, 6.45) is 0.801. The fourth-order valence-corrected chi connectivity index (χ4v) is 2.56. The highest BCUT2D eigenvalue weighted by molar-refractivity contribution is 7.14. The Balaban J connectivity index is 2.09. The molecule has 2 aromatic rings. The molecule has 0 spiro atoms. The van der Waals surface area contributed by atoms with Gasteiger partial charge in [0, 0.05) is 5.69 Å². The van der Waals surface area contributed by atoms with Crippen LogP contribution in [-0.4, -0.2) is 17.1 Å². The Bertz CT molecular complexity index is 637. The molecule has 0 saturated heterocycles. The van der Waals surface area contributed by atoms with Crippen LogP contribution >= 0.6 is 11.3 Å². The zero-order chi connectivity index (χ0) is 14.5. The highest BCUT2D eigenvalue weighted by atomic mass is 32.1. The van der Waals surface area contributed by atoms with Crippen molar-refractivity contribution in [3.05, 3.63) is 46.8 Å². The lowest BCUT2D eigenvalue weighted by molar-refractivity contribution is 0.0698. The molecule has 0 aliphatic heterocycles. The van der Waals surface area contributed by atoms with E-state index in [-0.39, 0.29) is 5.56 Å². The molecule has 1 heterocycles. The molecular weight excluding hydrogens is 276 g/mol. The maximum Gasteiger partial charge on any atom is 0.338 e. The van der Waals surface area contributed by atoms with E-state index in [2.05, 4.69) is 10.6 Å². The van der Waals surface area contributed by atoms with Crippen molar-refractivity contribution in [3.8, 4) is 0 Å². The first-order valence-corrected chi connectivity index (χ1v) is 6.96. The van der Waals surface area contributed by atoms with Crippen LogP contribution < -0.4 is 10.6 Å². The lowest BCUT2D eigenvalue weighted by atomic mass is 10.1. The van der Waals surface area contributed by atoms with Gasteiger partial charge in [-0.2, -0.15) is 0 Å². The number of hydrogen-bond acceptors (Lipinski definition) is 3. The van der Waals surface area contributed by atoms with Crippen molar-refractivity contribution < 1.29 is 14.7 Å². The summed E-state index contributed by atoms with van der Waals surface area (Å²) in [7, 11) is 0. The van der Waals surface area contributed by atoms with E-state index in [1.165, 1.54) is 17.4 Å². The third kappa shape index (κ3) is 3.16. The molecule has 3 N–H and O–H groups in total. The maximum atomic E-state index is 11.9. The molecule has 20 heavy (non-hydrogen) atoms. The number of aromatic carboxylic acids is 1. The molecule has 1 aromatic heterocycles. The minimum absolute atomic E-state index is 0.0916. The Hall–Kier alpha value is -2.34. The number of amides is 2. The molecule has 0 aliphatic carbocycles. The van der Waals surface area contributed by atoms with E-state index in [1.54, 1.807) is 5.38 Å². The van der Waals surface area contributed by atoms with Gasteiger partial charge in [0.2, 0.25) is 0 Å². The average molecular weight is 290 g/mol. The summed E-state index contributed by atoms with van der Waals surface area (Å²) in [6.45, 7) is 2.00. The molecule has 6 heteroatoms. The van der Waals surface area contributed by atoms with Gasteiger partial charge in [-0.25, -0.2) is 9.59 Å².